The average molecular weight is 366 g/mol. The van der Waals surface area contributed by atoms with E-state index in [0.29, 0.717) is 4.47 Å². The van der Waals surface area contributed by atoms with Crippen molar-refractivity contribution in [3.63, 3.8) is 0 Å². The van der Waals surface area contributed by atoms with Crippen molar-refractivity contribution in [1.82, 2.24) is 5.16 Å². The van der Waals surface area contributed by atoms with Crippen LogP contribution in [0.25, 0.3) is 11.3 Å². The maximum Gasteiger partial charge on any atom is 0.573 e. The summed E-state index contributed by atoms with van der Waals surface area (Å²) in [5, 5.41) is 12.6. The fourth-order valence-electron chi connectivity index (χ4n) is 1.71. The molecule has 21 heavy (non-hydrogen) atoms. The third-order valence-electron chi connectivity index (χ3n) is 2.50. The van der Waals surface area contributed by atoms with Gasteiger partial charge in [0.1, 0.15) is 22.8 Å². The van der Waals surface area contributed by atoms with E-state index in [4.69, 9.17) is 9.63 Å². The van der Waals surface area contributed by atoms with E-state index in [1.165, 1.54) is 19.1 Å². The van der Waals surface area contributed by atoms with Crippen LogP contribution in [0, 0.1) is 6.92 Å². The summed E-state index contributed by atoms with van der Waals surface area (Å²) in [6.45, 7) is 1.35. The molecular formula is C12H7BrF3NO4. The molecule has 0 saturated heterocycles. The third kappa shape index (κ3) is 3.35. The molecule has 0 aliphatic carbocycles. The molecule has 1 N–H and O–H groups in total. The lowest BCUT2D eigenvalue weighted by Gasteiger charge is -2.12. The van der Waals surface area contributed by atoms with Gasteiger partial charge in [-0.3, -0.25) is 0 Å². The molecule has 112 valence electrons. The van der Waals surface area contributed by atoms with E-state index in [9.17, 15) is 18.0 Å². The summed E-state index contributed by atoms with van der Waals surface area (Å²) in [5.41, 5.74) is -0.680. The van der Waals surface area contributed by atoms with Crippen molar-refractivity contribution < 1.29 is 32.3 Å². The van der Waals surface area contributed by atoms with Crippen LogP contribution in [0.1, 0.15) is 16.1 Å². The highest BCUT2D eigenvalue weighted by atomic mass is 79.9. The fraction of sp³-hybridized carbons (Fsp3) is 0.167. The van der Waals surface area contributed by atoms with Gasteiger partial charge in [-0.2, -0.15) is 0 Å². The van der Waals surface area contributed by atoms with E-state index in [2.05, 4.69) is 25.8 Å². The predicted octanol–water partition coefficient (Wildman–Crippen LogP) is 4.01. The number of aryl methyl sites for hydroxylation is 1. The number of nitrogens with zero attached hydrogens (tertiary/aromatic N) is 1. The normalized spacial score (nSPS) is 11.5. The van der Waals surface area contributed by atoms with Crippen LogP contribution < -0.4 is 4.74 Å². The lowest BCUT2D eigenvalue weighted by atomic mass is 10.1. The first-order valence-corrected chi connectivity index (χ1v) is 6.23. The fourth-order valence-corrected chi connectivity index (χ4v) is 2.05. The molecule has 2 rings (SSSR count). The first kappa shape index (κ1) is 15.4. The lowest BCUT2D eigenvalue weighted by molar-refractivity contribution is -0.274. The number of carbonyl (C=O) groups is 1. The number of hydrogen-bond acceptors (Lipinski definition) is 4. The van der Waals surface area contributed by atoms with Crippen molar-refractivity contribution in [3.8, 4) is 17.0 Å². The second-order valence-electron chi connectivity index (χ2n) is 3.96. The Labute approximate surface area is 124 Å². The quantitative estimate of drug-likeness (QED) is 0.889. The van der Waals surface area contributed by atoms with E-state index in [1.807, 2.05) is 0 Å². The molecular weight excluding hydrogens is 359 g/mol. The summed E-state index contributed by atoms with van der Waals surface area (Å²) in [5.74, 6) is -1.95. The summed E-state index contributed by atoms with van der Waals surface area (Å²) in [6.07, 6.45) is -4.92. The monoisotopic (exact) mass is 365 g/mol. The topological polar surface area (TPSA) is 72.6 Å². The summed E-state index contributed by atoms with van der Waals surface area (Å²) in [6, 6.07) is 3.77. The van der Waals surface area contributed by atoms with Gasteiger partial charge in [0.2, 0.25) is 0 Å². The molecule has 0 bridgehead atoms. The highest BCUT2D eigenvalue weighted by molar-refractivity contribution is 9.10. The zero-order valence-corrected chi connectivity index (χ0v) is 11.9. The molecule has 9 heteroatoms. The molecule has 0 amide bonds. The molecule has 1 aromatic carbocycles. The van der Waals surface area contributed by atoms with Gasteiger partial charge in [-0.15, -0.1) is 13.2 Å². The number of aromatic nitrogens is 1. The number of aromatic carboxylic acids is 1. The van der Waals surface area contributed by atoms with E-state index in [0.717, 1.165) is 6.07 Å². The van der Waals surface area contributed by atoms with E-state index in [-0.39, 0.29) is 22.6 Å². The van der Waals surface area contributed by atoms with Crippen LogP contribution >= 0.6 is 15.9 Å². The van der Waals surface area contributed by atoms with Crippen molar-refractivity contribution in [2.75, 3.05) is 0 Å². The summed E-state index contributed by atoms with van der Waals surface area (Å²) in [7, 11) is 0. The van der Waals surface area contributed by atoms with Gasteiger partial charge in [0, 0.05) is 10.0 Å². The van der Waals surface area contributed by atoms with Gasteiger partial charge in [0.05, 0.1) is 0 Å². The molecule has 1 heterocycles. The van der Waals surface area contributed by atoms with Crippen LogP contribution in [0.4, 0.5) is 13.2 Å². The Hall–Kier alpha value is -2.03. The van der Waals surface area contributed by atoms with Gasteiger partial charge in [-0.1, -0.05) is 21.1 Å². The molecule has 5 nitrogen and oxygen atoms in total. The number of carboxylic acid groups (broad SMARTS) is 1. The summed E-state index contributed by atoms with van der Waals surface area (Å²) < 4.78 is 46.3. The van der Waals surface area contributed by atoms with Gasteiger partial charge < -0.3 is 14.4 Å². The minimum atomic E-state index is -4.92. The van der Waals surface area contributed by atoms with Crippen molar-refractivity contribution >= 4 is 21.9 Å². The Balaban J connectivity index is 2.62. The molecule has 0 fully saturated rings. The summed E-state index contributed by atoms with van der Waals surface area (Å²) in [4.78, 5) is 11.2. The smallest absolute Gasteiger partial charge is 0.477 e. The second-order valence-corrected chi connectivity index (χ2v) is 4.87. The number of rotatable bonds is 3. The Bertz CT molecular complexity index is 696. The van der Waals surface area contributed by atoms with Crippen molar-refractivity contribution in [2.24, 2.45) is 0 Å². The highest BCUT2D eigenvalue weighted by Crippen LogP contribution is 2.37. The van der Waals surface area contributed by atoms with Crippen LogP contribution in [-0.4, -0.2) is 22.6 Å². The SMILES string of the molecule is Cc1onc(-c2ccc(Br)cc2OC(F)(F)F)c1C(=O)O. The molecule has 0 spiro atoms. The Kier molecular flexibility index (Phi) is 3.95. The Morgan fingerprint density at radius 1 is 1.43 bits per heavy atom. The maximum absolute atomic E-state index is 12.4. The molecule has 0 saturated carbocycles. The van der Waals surface area contributed by atoms with Gasteiger partial charge in [0.25, 0.3) is 0 Å². The number of alkyl halides is 3. The zero-order valence-electron chi connectivity index (χ0n) is 10.4. The largest absolute Gasteiger partial charge is 0.573 e. The van der Waals surface area contributed by atoms with Crippen molar-refractivity contribution in [2.45, 2.75) is 13.3 Å². The molecule has 0 aliphatic heterocycles. The molecule has 0 atom stereocenters. The minimum absolute atomic E-state index is 0.0154. The maximum atomic E-state index is 12.4. The number of carboxylic acids is 1. The highest BCUT2D eigenvalue weighted by Gasteiger charge is 2.33. The molecule has 0 aliphatic rings. The van der Waals surface area contributed by atoms with Crippen LogP contribution in [0.15, 0.2) is 27.2 Å². The van der Waals surface area contributed by atoms with Crippen LogP contribution in [0.2, 0.25) is 0 Å². The standard InChI is InChI=1S/C12H7BrF3NO4/c1-5-9(11(18)19)10(17-21-5)7-3-2-6(13)4-8(7)20-12(14,15)16/h2-4H,1H3,(H,18,19). The molecule has 1 aromatic heterocycles. The van der Waals surface area contributed by atoms with Gasteiger partial charge >= 0.3 is 12.3 Å². The van der Waals surface area contributed by atoms with Crippen LogP contribution in [0.5, 0.6) is 5.75 Å². The zero-order chi connectivity index (χ0) is 15.8. The van der Waals surface area contributed by atoms with E-state index < -0.39 is 18.1 Å². The van der Waals surface area contributed by atoms with Crippen molar-refractivity contribution in [3.05, 3.63) is 34.0 Å². The van der Waals surface area contributed by atoms with Crippen LogP contribution in [0.3, 0.4) is 0 Å². The number of ether oxygens (including phenoxy) is 1. The number of halogens is 4. The Morgan fingerprint density at radius 3 is 2.67 bits per heavy atom. The van der Waals surface area contributed by atoms with Gasteiger partial charge in [-0.05, 0) is 25.1 Å². The summed E-state index contributed by atoms with van der Waals surface area (Å²) >= 11 is 3.02. The van der Waals surface area contributed by atoms with E-state index >= 15 is 0 Å². The first-order valence-electron chi connectivity index (χ1n) is 5.44. The van der Waals surface area contributed by atoms with Crippen LogP contribution in [-0.2, 0) is 0 Å². The predicted molar refractivity (Wildman–Crippen MR) is 68.0 cm³/mol. The van der Waals surface area contributed by atoms with Crippen molar-refractivity contribution in [1.29, 1.82) is 0 Å². The third-order valence-corrected chi connectivity index (χ3v) is 2.99. The van der Waals surface area contributed by atoms with Gasteiger partial charge in [0.15, 0.2) is 0 Å². The second kappa shape index (κ2) is 5.40. The molecule has 0 radical (unpaired) electrons. The molecule has 0 unspecified atom stereocenters. The molecule has 2 aromatic rings. The minimum Gasteiger partial charge on any atom is -0.477 e. The Morgan fingerprint density at radius 2 is 2.10 bits per heavy atom. The number of benzene rings is 1. The first-order chi connectivity index (χ1) is 9.69. The lowest BCUT2D eigenvalue weighted by Crippen LogP contribution is -2.17. The van der Waals surface area contributed by atoms with Gasteiger partial charge in [-0.25, -0.2) is 4.79 Å². The average Bonchev–Trinajstić information content (AvgIpc) is 2.69. The van der Waals surface area contributed by atoms with E-state index in [1.54, 1.807) is 0 Å². The number of hydrogen-bond donors (Lipinski definition) is 1.